The Morgan fingerprint density at radius 1 is 0.463 bits per heavy atom. The first-order valence-corrected chi connectivity index (χ1v) is 34.3. The number of hydrogen-bond acceptors (Lipinski definition) is 10. The molecule has 1 amide bonds. The number of nitrogens with one attached hydrogen (secondary N) is 1. The summed E-state index contributed by atoms with van der Waals surface area (Å²) in [7, 11) is 0. The van der Waals surface area contributed by atoms with Gasteiger partial charge in [0.15, 0.2) is 6.29 Å². The molecule has 6 N–H and O–H groups in total. The zero-order valence-electron chi connectivity index (χ0n) is 52.1. The molecule has 7 atom stereocenters. The van der Waals surface area contributed by atoms with Gasteiger partial charge in [0.25, 0.3) is 0 Å². The van der Waals surface area contributed by atoms with Crippen LogP contribution < -0.4 is 5.32 Å². The second-order valence-corrected chi connectivity index (χ2v) is 23.9. The minimum atomic E-state index is -1.57. The van der Waals surface area contributed by atoms with E-state index in [4.69, 9.17) is 14.2 Å². The number of amides is 1. The minimum Gasteiger partial charge on any atom is -0.466 e. The zero-order valence-corrected chi connectivity index (χ0v) is 52.1. The quantitative estimate of drug-likeness (QED) is 0.0195. The fourth-order valence-corrected chi connectivity index (χ4v) is 10.8. The number of rotatable bonds is 60. The molecule has 470 valence electrons. The Labute approximate surface area is 492 Å². The predicted octanol–water partition coefficient (Wildman–Crippen LogP) is 17.0. The molecule has 0 aromatic carbocycles. The molecule has 0 spiro atoms. The molecule has 80 heavy (non-hydrogen) atoms. The second-order valence-electron chi connectivity index (χ2n) is 23.9. The summed E-state index contributed by atoms with van der Waals surface area (Å²) in [5.41, 5.74) is 0. The van der Waals surface area contributed by atoms with Crippen molar-refractivity contribution in [3.05, 3.63) is 36.5 Å². The van der Waals surface area contributed by atoms with Crippen LogP contribution in [-0.4, -0.2) is 100 Å². The lowest BCUT2D eigenvalue weighted by Crippen LogP contribution is -2.60. The molecular weight excluding hydrogens is 1000 g/mol. The van der Waals surface area contributed by atoms with Gasteiger partial charge in [-0.05, 0) is 64.2 Å². The summed E-state index contributed by atoms with van der Waals surface area (Å²) in [6, 6.07) is -0.808. The lowest BCUT2D eigenvalue weighted by Gasteiger charge is -2.40. The summed E-state index contributed by atoms with van der Waals surface area (Å²) in [6.07, 6.45) is 64.2. The first-order chi connectivity index (χ1) is 39.2. The summed E-state index contributed by atoms with van der Waals surface area (Å²) in [5.74, 6) is -0.181. The molecule has 0 aromatic rings. The molecular formula is C69H129NO10. The summed E-state index contributed by atoms with van der Waals surface area (Å²) < 4.78 is 16.7. The topological polar surface area (TPSA) is 175 Å². The van der Waals surface area contributed by atoms with Gasteiger partial charge in [0, 0.05) is 12.8 Å². The molecule has 0 radical (unpaired) electrons. The highest BCUT2D eigenvalue weighted by Gasteiger charge is 2.44. The molecule has 0 bridgehead atoms. The van der Waals surface area contributed by atoms with Crippen molar-refractivity contribution in [2.24, 2.45) is 0 Å². The number of esters is 1. The Hall–Kier alpha value is -2.12. The van der Waals surface area contributed by atoms with Crippen LogP contribution in [0.2, 0.25) is 0 Å². The monoisotopic (exact) mass is 1130 g/mol. The maximum absolute atomic E-state index is 13.0. The summed E-state index contributed by atoms with van der Waals surface area (Å²) in [4.78, 5) is 25.1. The van der Waals surface area contributed by atoms with E-state index in [9.17, 15) is 35.1 Å². The van der Waals surface area contributed by atoms with Crippen LogP contribution in [0.25, 0.3) is 0 Å². The Balaban J connectivity index is 1.92. The Bertz CT molecular complexity index is 1420. The van der Waals surface area contributed by atoms with Crippen molar-refractivity contribution >= 4 is 11.9 Å². The fraction of sp³-hybridized carbons (Fsp3) is 0.884. The third-order valence-electron chi connectivity index (χ3n) is 16.2. The van der Waals surface area contributed by atoms with Crippen LogP contribution in [0.1, 0.15) is 328 Å². The van der Waals surface area contributed by atoms with Gasteiger partial charge >= 0.3 is 5.97 Å². The summed E-state index contributed by atoms with van der Waals surface area (Å²) >= 11 is 0. The zero-order chi connectivity index (χ0) is 58.0. The maximum atomic E-state index is 13.0. The average molecular weight is 1130 g/mol. The number of ether oxygens (including phenoxy) is 3. The number of unbranched alkanes of at least 4 members (excludes halogenated alkanes) is 42. The van der Waals surface area contributed by atoms with E-state index in [1.807, 2.05) is 6.08 Å². The van der Waals surface area contributed by atoms with E-state index in [2.05, 4.69) is 43.5 Å². The number of hydrogen-bond donors (Lipinski definition) is 6. The van der Waals surface area contributed by atoms with E-state index >= 15 is 0 Å². The van der Waals surface area contributed by atoms with Crippen molar-refractivity contribution in [2.45, 2.75) is 371 Å². The molecule has 11 nitrogen and oxygen atoms in total. The fourth-order valence-electron chi connectivity index (χ4n) is 10.8. The van der Waals surface area contributed by atoms with Crippen molar-refractivity contribution in [1.82, 2.24) is 5.32 Å². The van der Waals surface area contributed by atoms with Gasteiger partial charge in [0.1, 0.15) is 24.4 Å². The number of aliphatic hydroxyl groups is 5. The van der Waals surface area contributed by atoms with Gasteiger partial charge in [-0.2, -0.15) is 0 Å². The number of carbonyl (C=O) groups excluding carboxylic acids is 2. The lowest BCUT2D eigenvalue weighted by molar-refractivity contribution is -0.302. The van der Waals surface area contributed by atoms with E-state index in [0.717, 1.165) is 64.2 Å². The Kier molecular flexibility index (Phi) is 55.6. The van der Waals surface area contributed by atoms with Gasteiger partial charge in [-0.15, -0.1) is 0 Å². The number of aliphatic hydroxyl groups excluding tert-OH is 5. The minimum absolute atomic E-state index is 0.000720. The SMILES string of the molecule is CCCCC/C=C\C/C=C\CCCCCCCCCCCC(=O)OCCCCCCCCCCCCCCCCCCCCCCCCCCC(=O)NC(COC1OC(CO)C(O)C(O)C1O)C(O)/C=C/CCCCCCCCC. The second kappa shape index (κ2) is 58.6. The van der Waals surface area contributed by atoms with Crippen molar-refractivity contribution in [2.75, 3.05) is 19.8 Å². The molecule has 1 aliphatic rings. The smallest absolute Gasteiger partial charge is 0.305 e. The van der Waals surface area contributed by atoms with Gasteiger partial charge in [-0.3, -0.25) is 9.59 Å². The molecule has 1 heterocycles. The Morgan fingerprint density at radius 2 is 0.838 bits per heavy atom. The molecule has 1 fully saturated rings. The van der Waals surface area contributed by atoms with Crippen LogP contribution >= 0.6 is 0 Å². The molecule has 0 aromatic heterocycles. The summed E-state index contributed by atoms with van der Waals surface area (Å²) in [6.45, 7) is 4.31. The molecule has 0 saturated carbocycles. The first-order valence-electron chi connectivity index (χ1n) is 34.3. The predicted molar refractivity (Wildman–Crippen MR) is 334 cm³/mol. The van der Waals surface area contributed by atoms with Crippen LogP contribution in [0.4, 0.5) is 0 Å². The Morgan fingerprint density at radius 3 is 1.29 bits per heavy atom. The largest absolute Gasteiger partial charge is 0.466 e. The van der Waals surface area contributed by atoms with Gasteiger partial charge < -0.3 is 45.1 Å². The average Bonchev–Trinajstić information content (AvgIpc) is 3.45. The van der Waals surface area contributed by atoms with E-state index in [1.165, 1.54) is 238 Å². The van der Waals surface area contributed by atoms with Crippen molar-refractivity contribution in [3.63, 3.8) is 0 Å². The van der Waals surface area contributed by atoms with Crippen LogP contribution in [0.3, 0.4) is 0 Å². The van der Waals surface area contributed by atoms with Crippen LogP contribution in [0.15, 0.2) is 36.5 Å². The normalized spacial score (nSPS) is 18.5. The van der Waals surface area contributed by atoms with E-state index in [0.29, 0.717) is 19.4 Å². The molecule has 11 heteroatoms. The highest BCUT2D eigenvalue weighted by Crippen LogP contribution is 2.23. The highest BCUT2D eigenvalue weighted by molar-refractivity contribution is 5.76. The molecule has 1 saturated heterocycles. The van der Waals surface area contributed by atoms with E-state index < -0.39 is 49.5 Å². The van der Waals surface area contributed by atoms with Crippen LogP contribution in [0, 0.1) is 0 Å². The third-order valence-corrected chi connectivity index (χ3v) is 16.2. The van der Waals surface area contributed by atoms with E-state index in [1.54, 1.807) is 6.08 Å². The molecule has 0 aliphatic carbocycles. The van der Waals surface area contributed by atoms with Gasteiger partial charge in [-0.25, -0.2) is 0 Å². The lowest BCUT2D eigenvalue weighted by atomic mass is 9.99. The van der Waals surface area contributed by atoms with Crippen LogP contribution in [0.5, 0.6) is 0 Å². The summed E-state index contributed by atoms with van der Waals surface area (Å²) in [5, 5.41) is 54.3. The molecule has 7 unspecified atom stereocenters. The highest BCUT2D eigenvalue weighted by atomic mass is 16.7. The third kappa shape index (κ3) is 47.3. The molecule has 1 rings (SSSR count). The number of allylic oxidation sites excluding steroid dienone is 5. The van der Waals surface area contributed by atoms with Crippen LogP contribution in [-0.2, 0) is 23.8 Å². The van der Waals surface area contributed by atoms with Gasteiger partial charge in [0.2, 0.25) is 5.91 Å². The van der Waals surface area contributed by atoms with E-state index in [-0.39, 0.29) is 18.5 Å². The van der Waals surface area contributed by atoms with Gasteiger partial charge in [-0.1, -0.05) is 288 Å². The van der Waals surface area contributed by atoms with Crippen molar-refractivity contribution in [1.29, 1.82) is 0 Å². The van der Waals surface area contributed by atoms with Gasteiger partial charge in [0.05, 0.1) is 32.0 Å². The maximum Gasteiger partial charge on any atom is 0.305 e. The molecule has 1 aliphatic heterocycles. The van der Waals surface area contributed by atoms with Crippen molar-refractivity contribution < 1.29 is 49.3 Å². The number of carbonyl (C=O) groups is 2. The standard InChI is InChI=1S/C69H129NO10/c1-3-5-7-9-11-13-14-15-16-17-24-28-31-34-37-41-45-49-53-57-65(74)78-58-54-50-46-42-38-35-32-29-26-23-21-19-18-20-22-25-27-30-33-36-40-44-48-52-56-64(73)70-61(62(72)55-51-47-43-39-12-10-8-6-4-2)60-79-69-68(77)67(76)66(75)63(59-71)80-69/h11,13,15-16,51,55,61-63,66-69,71-72,75-77H,3-10,12,14,17-50,52-54,56-60H2,1-2H3,(H,70,73)/b13-11-,16-15-,55-51+. The van der Waals surface area contributed by atoms with Crippen molar-refractivity contribution in [3.8, 4) is 0 Å². The first kappa shape index (κ1) is 75.9.